The van der Waals surface area contributed by atoms with Gasteiger partial charge in [0.15, 0.2) is 5.78 Å². The molecule has 0 saturated heterocycles. The van der Waals surface area contributed by atoms with Crippen LogP contribution >= 0.6 is 0 Å². The molecular formula is C31H36F2O2. The normalized spacial score (nSPS) is 33.3. The van der Waals surface area contributed by atoms with Gasteiger partial charge in [0.2, 0.25) is 0 Å². The van der Waals surface area contributed by atoms with E-state index >= 15 is 0 Å². The van der Waals surface area contributed by atoms with Crippen molar-refractivity contribution in [2.75, 3.05) is 0 Å². The van der Waals surface area contributed by atoms with Crippen molar-refractivity contribution in [3.8, 4) is 12.3 Å². The van der Waals surface area contributed by atoms with Crippen molar-refractivity contribution in [1.29, 1.82) is 0 Å². The maximum atomic E-state index is 14.8. The number of rotatable bonds is 2. The van der Waals surface area contributed by atoms with E-state index in [0.717, 1.165) is 30.4 Å². The van der Waals surface area contributed by atoms with E-state index in [0.29, 0.717) is 25.7 Å². The number of aliphatic hydroxyl groups is 1. The number of carbonyl (C=O) groups excluding carboxylic acids is 1. The number of Topliss-reactive ketones (excluding diaryl/α,β-unsaturated/α-hetero) is 1. The van der Waals surface area contributed by atoms with E-state index in [1.165, 1.54) is 22.3 Å². The summed E-state index contributed by atoms with van der Waals surface area (Å²) >= 11 is 0. The molecule has 5 rings (SSSR count). The minimum Gasteiger partial charge on any atom is -0.382 e. The van der Waals surface area contributed by atoms with Crippen molar-refractivity contribution in [3.63, 3.8) is 0 Å². The summed E-state index contributed by atoms with van der Waals surface area (Å²) in [7, 11) is 0. The van der Waals surface area contributed by atoms with E-state index < -0.39 is 16.9 Å². The van der Waals surface area contributed by atoms with Gasteiger partial charge >= 0.3 is 5.92 Å². The van der Waals surface area contributed by atoms with Crippen molar-refractivity contribution >= 4 is 11.4 Å². The summed E-state index contributed by atoms with van der Waals surface area (Å²) in [6.07, 6.45) is 9.80. The molecule has 0 heterocycles. The molecule has 0 bridgehead atoms. The Kier molecular flexibility index (Phi) is 5.50. The van der Waals surface area contributed by atoms with E-state index in [9.17, 15) is 18.7 Å². The molecule has 4 aliphatic rings. The van der Waals surface area contributed by atoms with Crippen molar-refractivity contribution in [2.45, 2.75) is 96.0 Å². The molecule has 0 spiro atoms. The largest absolute Gasteiger partial charge is 0.382 e. The second-order valence-corrected chi connectivity index (χ2v) is 12.4. The lowest BCUT2D eigenvalue weighted by Crippen LogP contribution is -2.59. The number of carbonyl (C=O) groups is 1. The fraction of sp³-hybridized carbons (Fsp3) is 0.581. The lowest BCUT2D eigenvalue weighted by atomic mass is 9.54. The summed E-state index contributed by atoms with van der Waals surface area (Å²) in [4.78, 5) is 13.1. The average molecular weight is 479 g/mol. The van der Waals surface area contributed by atoms with Crippen LogP contribution in [0.4, 0.5) is 8.78 Å². The molecule has 2 saturated carbocycles. The van der Waals surface area contributed by atoms with Gasteiger partial charge in [0, 0.05) is 17.4 Å². The van der Waals surface area contributed by atoms with Crippen LogP contribution in [0, 0.1) is 29.6 Å². The Morgan fingerprint density at radius 2 is 1.69 bits per heavy atom. The molecule has 0 amide bonds. The Labute approximate surface area is 207 Å². The Hall–Kier alpha value is -2.25. The molecule has 1 aromatic carbocycles. The number of hydrogen-bond acceptors (Lipinski definition) is 2. The van der Waals surface area contributed by atoms with Gasteiger partial charge in [-0.25, -0.2) is 0 Å². The van der Waals surface area contributed by atoms with E-state index in [2.05, 4.69) is 45.0 Å². The number of hydrogen-bond donors (Lipinski definition) is 1. The van der Waals surface area contributed by atoms with E-state index in [-0.39, 0.29) is 29.5 Å². The van der Waals surface area contributed by atoms with Gasteiger partial charge in [0.05, 0.1) is 0 Å². The molecule has 2 fully saturated rings. The van der Waals surface area contributed by atoms with Crippen LogP contribution in [0.1, 0.15) is 90.2 Å². The molecule has 186 valence electrons. The van der Waals surface area contributed by atoms with Gasteiger partial charge in [0.25, 0.3) is 0 Å². The number of fused-ring (bicyclic) bond motifs is 4. The van der Waals surface area contributed by atoms with Crippen LogP contribution in [0.3, 0.4) is 0 Å². The fourth-order valence-corrected chi connectivity index (χ4v) is 7.76. The molecule has 0 unspecified atom stereocenters. The van der Waals surface area contributed by atoms with Crippen molar-refractivity contribution in [2.24, 2.45) is 17.3 Å². The first-order chi connectivity index (χ1) is 16.3. The third-order valence-corrected chi connectivity index (χ3v) is 9.81. The SMILES string of the molecule is C#CC(F)(F)[C@]1(O)CC[C@H]2[C@@H]3CCC4=C(c5ccc(C(C)(C)C)cc5)C(=O)CCC4=C3CC[C@@]21C. The number of benzene rings is 1. The maximum absolute atomic E-state index is 14.8. The molecule has 2 nitrogen and oxygen atoms in total. The van der Waals surface area contributed by atoms with Crippen LogP contribution in [-0.2, 0) is 10.2 Å². The molecule has 4 aliphatic carbocycles. The topological polar surface area (TPSA) is 37.3 Å². The zero-order valence-electron chi connectivity index (χ0n) is 21.3. The Morgan fingerprint density at radius 3 is 2.31 bits per heavy atom. The second kappa shape index (κ2) is 7.87. The van der Waals surface area contributed by atoms with E-state index in [4.69, 9.17) is 6.42 Å². The van der Waals surface area contributed by atoms with Gasteiger partial charge in [-0.15, -0.1) is 6.42 Å². The molecule has 0 aliphatic heterocycles. The number of alkyl halides is 2. The summed E-state index contributed by atoms with van der Waals surface area (Å²) in [6.45, 7) is 8.37. The van der Waals surface area contributed by atoms with Gasteiger partial charge in [-0.1, -0.05) is 57.5 Å². The summed E-state index contributed by atoms with van der Waals surface area (Å²) in [5.74, 6) is -1.57. The van der Waals surface area contributed by atoms with E-state index in [1.54, 1.807) is 5.92 Å². The first-order valence-corrected chi connectivity index (χ1v) is 13.0. The predicted molar refractivity (Wildman–Crippen MR) is 135 cm³/mol. The van der Waals surface area contributed by atoms with Crippen molar-refractivity contribution in [1.82, 2.24) is 0 Å². The summed E-state index contributed by atoms with van der Waals surface area (Å²) in [6, 6.07) is 8.41. The van der Waals surface area contributed by atoms with Crippen molar-refractivity contribution < 1.29 is 18.7 Å². The summed E-state index contributed by atoms with van der Waals surface area (Å²) < 4.78 is 29.6. The zero-order valence-corrected chi connectivity index (χ0v) is 21.3. The Balaban J connectivity index is 1.55. The molecule has 1 aromatic rings. The smallest absolute Gasteiger partial charge is 0.336 e. The predicted octanol–water partition coefficient (Wildman–Crippen LogP) is 7.02. The molecule has 0 radical (unpaired) electrons. The molecule has 0 aromatic heterocycles. The third-order valence-electron chi connectivity index (χ3n) is 9.81. The monoisotopic (exact) mass is 478 g/mol. The van der Waals surface area contributed by atoms with Crippen LogP contribution in [0.2, 0.25) is 0 Å². The zero-order chi connectivity index (χ0) is 25.4. The van der Waals surface area contributed by atoms with Crippen LogP contribution in [0.25, 0.3) is 5.57 Å². The van der Waals surface area contributed by atoms with Gasteiger partial charge in [-0.05, 0) is 90.4 Å². The Bertz CT molecular complexity index is 1170. The van der Waals surface area contributed by atoms with Crippen molar-refractivity contribution in [3.05, 3.63) is 52.1 Å². The van der Waals surface area contributed by atoms with Gasteiger partial charge in [-0.2, -0.15) is 8.78 Å². The number of ketones is 1. The van der Waals surface area contributed by atoms with Crippen LogP contribution in [0.15, 0.2) is 41.0 Å². The standard InChI is InChI=1S/C31H36F2O2/c1-6-31(32,33)30(35)18-16-25-23-11-12-24-21(22(23)15-17-29(25,30)5)13-14-26(34)27(24)19-7-9-20(10-8-19)28(2,3)4/h1,7-10,23,25,35H,11-18H2,2-5H3/t23-,25+,29+,30+/m1/s1. The Morgan fingerprint density at radius 1 is 1.00 bits per heavy atom. The first kappa shape index (κ1) is 24.4. The maximum Gasteiger partial charge on any atom is 0.336 e. The fourth-order valence-electron chi connectivity index (χ4n) is 7.76. The number of allylic oxidation sites excluding steroid dienone is 4. The molecule has 35 heavy (non-hydrogen) atoms. The molecule has 4 heteroatoms. The third kappa shape index (κ3) is 3.41. The second-order valence-electron chi connectivity index (χ2n) is 12.4. The molecular weight excluding hydrogens is 442 g/mol. The van der Waals surface area contributed by atoms with Crippen LogP contribution in [-0.4, -0.2) is 22.4 Å². The number of terminal acetylenes is 1. The van der Waals surface area contributed by atoms with Crippen LogP contribution in [0.5, 0.6) is 0 Å². The lowest BCUT2D eigenvalue weighted by molar-refractivity contribution is -0.207. The highest BCUT2D eigenvalue weighted by molar-refractivity contribution is 6.23. The average Bonchev–Trinajstić information content (AvgIpc) is 3.10. The van der Waals surface area contributed by atoms with Gasteiger partial charge < -0.3 is 5.11 Å². The highest BCUT2D eigenvalue weighted by Gasteiger charge is 2.69. The van der Waals surface area contributed by atoms with Crippen LogP contribution < -0.4 is 0 Å². The highest BCUT2D eigenvalue weighted by atomic mass is 19.3. The number of halogens is 2. The minimum atomic E-state index is -3.54. The summed E-state index contributed by atoms with van der Waals surface area (Å²) in [5.41, 5.74) is 3.86. The van der Waals surface area contributed by atoms with E-state index in [1.807, 2.05) is 6.92 Å². The molecule has 1 N–H and O–H groups in total. The van der Waals surface area contributed by atoms with Gasteiger partial charge in [0.1, 0.15) is 5.60 Å². The highest BCUT2D eigenvalue weighted by Crippen LogP contribution is 2.66. The lowest BCUT2D eigenvalue weighted by Gasteiger charge is -2.52. The summed E-state index contributed by atoms with van der Waals surface area (Å²) in [5, 5.41) is 11.2. The quantitative estimate of drug-likeness (QED) is 0.464. The van der Waals surface area contributed by atoms with Gasteiger partial charge in [-0.3, -0.25) is 4.79 Å². The first-order valence-electron chi connectivity index (χ1n) is 13.0. The minimum absolute atomic E-state index is 0.0170. The molecule has 4 atom stereocenters.